The number of hydrogen-bond donors (Lipinski definition) is 0. The van der Waals surface area contributed by atoms with E-state index in [0.717, 1.165) is 0 Å². The van der Waals surface area contributed by atoms with Crippen molar-refractivity contribution in [2.45, 2.75) is 37.2 Å². The van der Waals surface area contributed by atoms with Gasteiger partial charge in [0.25, 0.3) is 0 Å². The summed E-state index contributed by atoms with van der Waals surface area (Å²) in [5.41, 5.74) is 3.03. The Labute approximate surface area is 178 Å². The normalized spacial score (nSPS) is 19.0. The molecule has 2 heterocycles. The van der Waals surface area contributed by atoms with E-state index in [-0.39, 0.29) is 34.0 Å². The van der Waals surface area contributed by atoms with Gasteiger partial charge >= 0.3 is 0 Å². The molecule has 126 valence electrons. The molecule has 0 aromatic heterocycles. The van der Waals surface area contributed by atoms with Crippen LogP contribution in [0.5, 0.6) is 0 Å². The van der Waals surface area contributed by atoms with Crippen molar-refractivity contribution in [1.82, 2.24) is 0 Å². The third-order valence-corrected chi connectivity index (χ3v) is 10.5. The van der Waals surface area contributed by atoms with Crippen molar-refractivity contribution in [3.63, 3.8) is 0 Å². The molecule has 0 amide bonds. The maximum Gasteiger partial charge on any atom is 0.134 e. The van der Waals surface area contributed by atoms with Gasteiger partial charge in [0.05, 0.1) is 0 Å². The topological polar surface area (TPSA) is 0 Å². The lowest BCUT2D eigenvalue weighted by Gasteiger charge is -2.10. The van der Waals surface area contributed by atoms with Crippen molar-refractivity contribution in [2.75, 3.05) is 23.0 Å². The average molecular weight is 598 g/mol. The van der Waals surface area contributed by atoms with E-state index >= 15 is 0 Å². The minimum atomic E-state index is 0. The van der Waals surface area contributed by atoms with E-state index in [1.807, 2.05) is 0 Å². The van der Waals surface area contributed by atoms with Gasteiger partial charge in [0, 0.05) is 20.1 Å². The first-order valence-corrected chi connectivity index (χ1v) is 12.5. The van der Waals surface area contributed by atoms with Crippen molar-refractivity contribution in [2.24, 2.45) is 0 Å². The van der Waals surface area contributed by atoms with E-state index in [9.17, 15) is 0 Å². The van der Waals surface area contributed by atoms with E-state index in [4.69, 9.17) is 0 Å². The van der Waals surface area contributed by atoms with Crippen LogP contribution in [0.1, 0.15) is 36.8 Å². The Hall–Kier alpha value is 1.84. The van der Waals surface area contributed by atoms with Crippen LogP contribution in [0.4, 0.5) is 0 Å². The summed E-state index contributed by atoms with van der Waals surface area (Å²) in [6.07, 6.45) is 5.79. The van der Waals surface area contributed by atoms with E-state index in [2.05, 4.69) is 44.0 Å². The van der Waals surface area contributed by atoms with Crippen molar-refractivity contribution < 1.29 is 34.0 Å². The molecule has 2 aliphatic rings. The van der Waals surface area contributed by atoms with Gasteiger partial charge in [-0.05, 0) is 59.6 Å². The number of rotatable bonds is 4. The quantitative estimate of drug-likeness (QED) is 0.393. The molecule has 0 radical (unpaired) electrons. The summed E-state index contributed by atoms with van der Waals surface area (Å²) in [6, 6.07) is 4.79. The van der Waals surface area contributed by atoms with Crippen LogP contribution in [0.25, 0.3) is 0 Å². The SMILES string of the molecule is Brc1cc(C[S+]2CCCC2)c(Br)cc1C[S+]1CCCC1.[Br-].[Br-]. The van der Waals surface area contributed by atoms with Crippen molar-refractivity contribution in [3.8, 4) is 0 Å². The summed E-state index contributed by atoms with van der Waals surface area (Å²) in [6.45, 7) is 0. The largest absolute Gasteiger partial charge is 1.00 e. The maximum absolute atomic E-state index is 3.82. The van der Waals surface area contributed by atoms with Crippen LogP contribution < -0.4 is 34.0 Å². The third kappa shape index (κ3) is 5.98. The number of halogens is 4. The van der Waals surface area contributed by atoms with Gasteiger partial charge in [0.2, 0.25) is 0 Å². The molecule has 0 nitrogen and oxygen atoms in total. The highest BCUT2D eigenvalue weighted by Crippen LogP contribution is 2.31. The molecule has 0 N–H and O–H groups in total. The Kier molecular flexibility index (Phi) is 10.7. The highest BCUT2D eigenvalue weighted by atomic mass is 79.9. The fourth-order valence-corrected chi connectivity index (χ4v) is 9.23. The van der Waals surface area contributed by atoms with E-state index in [1.54, 1.807) is 0 Å². The Balaban J connectivity index is 0.00000121. The molecule has 1 aromatic rings. The van der Waals surface area contributed by atoms with Crippen LogP contribution in [0.15, 0.2) is 21.1 Å². The molecule has 2 fully saturated rings. The van der Waals surface area contributed by atoms with Crippen LogP contribution in [0.3, 0.4) is 0 Å². The maximum atomic E-state index is 3.82. The molecule has 2 aliphatic heterocycles. The second kappa shape index (κ2) is 10.7. The minimum absolute atomic E-state index is 0. The van der Waals surface area contributed by atoms with Crippen LogP contribution in [-0.4, -0.2) is 23.0 Å². The van der Waals surface area contributed by atoms with Crippen LogP contribution in [0, 0.1) is 0 Å². The molecule has 3 rings (SSSR count). The molecule has 2 saturated heterocycles. The molecule has 1 aromatic carbocycles. The molecular weight excluding hydrogens is 576 g/mol. The molecule has 0 aliphatic carbocycles. The van der Waals surface area contributed by atoms with Crippen LogP contribution in [0.2, 0.25) is 0 Å². The van der Waals surface area contributed by atoms with E-state index in [0.29, 0.717) is 21.8 Å². The van der Waals surface area contributed by atoms with Gasteiger partial charge in [-0.25, -0.2) is 0 Å². The molecular formula is C16H22Br4S2. The first-order valence-electron chi connectivity index (χ1n) is 7.47. The zero-order valence-electron chi connectivity index (χ0n) is 12.6. The van der Waals surface area contributed by atoms with Crippen LogP contribution in [-0.2, 0) is 33.3 Å². The van der Waals surface area contributed by atoms with Gasteiger partial charge in [-0.15, -0.1) is 0 Å². The summed E-state index contributed by atoms with van der Waals surface area (Å²) in [5, 5.41) is 0. The lowest BCUT2D eigenvalue weighted by atomic mass is 10.2. The molecule has 22 heavy (non-hydrogen) atoms. The minimum Gasteiger partial charge on any atom is -1.00 e. The van der Waals surface area contributed by atoms with Gasteiger partial charge in [-0.3, -0.25) is 0 Å². The van der Waals surface area contributed by atoms with Gasteiger partial charge in [0.15, 0.2) is 0 Å². The third-order valence-electron chi connectivity index (χ3n) is 4.17. The van der Waals surface area contributed by atoms with Crippen LogP contribution >= 0.6 is 31.9 Å². The zero-order chi connectivity index (χ0) is 13.9. The summed E-state index contributed by atoms with van der Waals surface area (Å²) in [5.74, 6) is 8.38. The summed E-state index contributed by atoms with van der Waals surface area (Å²) < 4.78 is 2.69. The first kappa shape index (κ1) is 21.9. The van der Waals surface area contributed by atoms with E-state index < -0.39 is 0 Å². The van der Waals surface area contributed by atoms with Gasteiger partial charge in [-0.2, -0.15) is 0 Å². The lowest BCUT2D eigenvalue weighted by Crippen LogP contribution is -3.00. The average Bonchev–Trinajstić information content (AvgIpc) is 3.08. The second-order valence-electron chi connectivity index (χ2n) is 5.78. The van der Waals surface area contributed by atoms with Crippen molar-refractivity contribution in [1.29, 1.82) is 0 Å². The molecule has 0 bridgehead atoms. The van der Waals surface area contributed by atoms with Gasteiger partial charge in [-0.1, -0.05) is 31.9 Å². The lowest BCUT2D eigenvalue weighted by molar-refractivity contribution is -0.00100. The smallest absolute Gasteiger partial charge is 0.134 e. The molecule has 0 atom stereocenters. The van der Waals surface area contributed by atoms with Gasteiger partial charge in [0.1, 0.15) is 34.5 Å². The molecule has 0 unspecified atom stereocenters. The van der Waals surface area contributed by atoms with E-state index in [1.165, 1.54) is 80.3 Å². The second-order valence-corrected chi connectivity index (χ2v) is 12.1. The zero-order valence-corrected chi connectivity index (χ0v) is 20.5. The van der Waals surface area contributed by atoms with Crippen molar-refractivity contribution in [3.05, 3.63) is 32.2 Å². The molecule has 0 saturated carbocycles. The summed E-state index contributed by atoms with van der Waals surface area (Å²) in [4.78, 5) is 0. The predicted octanol–water partition coefficient (Wildman–Crippen LogP) is -0.956. The first-order chi connectivity index (χ1) is 9.72. The number of benzene rings is 1. The monoisotopic (exact) mass is 594 g/mol. The summed E-state index contributed by atoms with van der Waals surface area (Å²) >= 11 is 7.65. The standard InChI is InChI=1S/C16H22Br2S2.2BrH/c17-15-10-14(12-20-7-3-4-8-20)16(18)9-13(15)11-19-5-1-2-6-19;;/h9-10H,1-8,11-12H2;2*1H/q+2;;/p-2. The Bertz CT molecular complexity index is 426. The summed E-state index contributed by atoms with van der Waals surface area (Å²) in [7, 11) is 1.29. The molecule has 6 heteroatoms. The molecule has 0 spiro atoms. The van der Waals surface area contributed by atoms with Crippen molar-refractivity contribution >= 4 is 53.6 Å². The highest BCUT2D eigenvalue weighted by molar-refractivity contribution is 9.11. The fraction of sp³-hybridized carbons (Fsp3) is 0.625. The Morgan fingerprint density at radius 1 is 0.682 bits per heavy atom. The fourth-order valence-electron chi connectivity index (χ4n) is 3.01. The van der Waals surface area contributed by atoms with Gasteiger partial charge < -0.3 is 34.0 Å². The Morgan fingerprint density at radius 2 is 1.00 bits per heavy atom. The Morgan fingerprint density at radius 3 is 1.32 bits per heavy atom. The number of hydrogen-bond acceptors (Lipinski definition) is 0. The highest BCUT2D eigenvalue weighted by Gasteiger charge is 2.28. The predicted molar refractivity (Wildman–Crippen MR) is 102 cm³/mol.